The van der Waals surface area contributed by atoms with Crippen LogP contribution in [0.3, 0.4) is 0 Å². The van der Waals surface area contributed by atoms with E-state index < -0.39 is 5.97 Å². The van der Waals surface area contributed by atoms with Crippen molar-refractivity contribution in [1.29, 1.82) is 0 Å². The molecule has 0 aromatic rings. The summed E-state index contributed by atoms with van der Waals surface area (Å²) >= 11 is 0. The van der Waals surface area contributed by atoms with Crippen LogP contribution in [0.15, 0.2) is 0 Å². The van der Waals surface area contributed by atoms with Crippen LogP contribution in [0.5, 0.6) is 0 Å². The zero-order chi connectivity index (χ0) is 10.1. The number of carboxylic acids is 1. The molecule has 0 aliphatic carbocycles. The van der Waals surface area contributed by atoms with Gasteiger partial charge in [0.15, 0.2) is 0 Å². The Morgan fingerprint density at radius 1 is 1.08 bits per heavy atom. The van der Waals surface area contributed by atoms with E-state index in [0.29, 0.717) is 0 Å². The Hall–Kier alpha value is -0.530. The largest absolute Gasteiger partial charge is 0.550 e. The van der Waals surface area contributed by atoms with Crippen molar-refractivity contribution in [2.24, 2.45) is 5.92 Å². The number of carbonyl (C=O) groups is 1. The van der Waals surface area contributed by atoms with Crippen LogP contribution in [-0.4, -0.2) is 5.97 Å². The molecule has 1 unspecified atom stereocenters. The van der Waals surface area contributed by atoms with Crippen LogP contribution in [0.25, 0.3) is 0 Å². The van der Waals surface area contributed by atoms with Crippen LogP contribution in [0.2, 0.25) is 0 Å². The first-order chi connectivity index (χ1) is 6.22. The average Bonchev–Trinajstić information content (AvgIpc) is 2.10. The van der Waals surface area contributed by atoms with Crippen molar-refractivity contribution in [2.45, 2.75) is 58.8 Å². The van der Waals surface area contributed by atoms with Crippen molar-refractivity contribution in [3.8, 4) is 0 Å². The second-order valence-electron chi connectivity index (χ2n) is 3.65. The Kier molecular flexibility index (Phi) is 7.76. The summed E-state index contributed by atoms with van der Waals surface area (Å²) in [5.74, 6) is -1.06. The second kappa shape index (κ2) is 8.09. The van der Waals surface area contributed by atoms with Gasteiger partial charge in [0.2, 0.25) is 0 Å². The fourth-order valence-electron chi connectivity index (χ4n) is 1.47. The molecule has 0 fully saturated rings. The van der Waals surface area contributed by atoms with Gasteiger partial charge in [-0.15, -0.1) is 0 Å². The van der Waals surface area contributed by atoms with Crippen LogP contribution < -0.4 is 5.11 Å². The maximum atomic E-state index is 10.7. The van der Waals surface area contributed by atoms with Crippen molar-refractivity contribution in [3.05, 3.63) is 0 Å². The fourth-order valence-corrected chi connectivity index (χ4v) is 1.47. The molecule has 2 nitrogen and oxygen atoms in total. The Morgan fingerprint density at radius 2 is 1.62 bits per heavy atom. The highest BCUT2D eigenvalue weighted by molar-refractivity contribution is 5.67. The van der Waals surface area contributed by atoms with Crippen molar-refractivity contribution < 1.29 is 9.90 Å². The molecule has 0 radical (unpaired) electrons. The minimum Gasteiger partial charge on any atom is -0.550 e. The molecule has 0 spiro atoms. The van der Waals surface area contributed by atoms with Crippen LogP contribution in [0, 0.1) is 5.92 Å². The van der Waals surface area contributed by atoms with E-state index in [1.165, 1.54) is 0 Å². The van der Waals surface area contributed by atoms with Gasteiger partial charge in [-0.25, -0.2) is 0 Å². The molecule has 2 heteroatoms. The van der Waals surface area contributed by atoms with E-state index in [-0.39, 0.29) is 5.92 Å². The molecule has 13 heavy (non-hydrogen) atoms. The highest BCUT2D eigenvalue weighted by Crippen LogP contribution is 2.15. The van der Waals surface area contributed by atoms with Crippen molar-refractivity contribution in [1.82, 2.24) is 0 Å². The van der Waals surface area contributed by atoms with Gasteiger partial charge in [-0.2, -0.15) is 0 Å². The molecule has 0 aliphatic heterocycles. The van der Waals surface area contributed by atoms with Crippen molar-refractivity contribution in [3.63, 3.8) is 0 Å². The van der Waals surface area contributed by atoms with Gasteiger partial charge >= 0.3 is 0 Å². The molecule has 0 saturated heterocycles. The maximum Gasteiger partial charge on any atom is 0.0445 e. The molecular formula is C11H21O2-. The Bertz CT molecular complexity index is 132. The molecule has 0 rings (SSSR count). The molecule has 0 aliphatic rings. The average molecular weight is 185 g/mol. The van der Waals surface area contributed by atoms with Crippen LogP contribution in [0.4, 0.5) is 0 Å². The summed E-state index contributed by atoms with van der Waals surface area (Å²) in [5.41, 5.74) is 0. The minimum atomic E-state index is -0.857. The normalized spacial score (nSPS) is 12.8. The Morgan fingerprint density at radius 3 is 2.08 bits per heavy atom. The Balaban J connectivity index is 3.61. The highest BCUT2D eigenvalue weighted by atomic mass is 16.4. The predicted molar refractivity (Wildman–Crippen MR) is 52.2 cm³/mol. The lowest BCUT2D eigenvalue weighted by molar-refractivity contribution is -0.312. The number of aliphatic carboxylic acids is 1. The summed E-state index contributed by atoms with van der Waals surface area (Å²) in [4.78, 5) is 10.7. The van der Waals surface area contributed by atoms with Crippen LogP contribution in [0.1, 0.15) is 58.8 Å². The fraction of sp³-hybridized carbons (Fsp3) is 0.909. The maximum absolute atomic E-state index is 10.7. The number of carbonyl (C=O) groups excluding carboxylic acids is 1. The van der Waals surface area contributed by atoms with Crippen molar-refractivity contribution in [2.75, 3.05) is 0 Å². The summed E-state index contributed by atoms with van der Waals surface area (Å²) in [6, 6.07) is 0. The smallest absolute Gasteiger partial charge is 0.0445 e. The molecule has 0 bridgehead atoms. The number of rotatable bonds is 8. The van der Waals surface area contributed by atoms with Crippen molar-refractivity contribution >= 4 is 5.97 Å². The summed E-state index contributed by atoms with van der Waals surface area (Å²) < 4.78 is 0. The molecule has 1 atom stereocenters. The number of hydrogen-bond donors (Lipinski definition) is 0. The van der Waals surface area contributed by atoms with E-state index in [1.54, 1.807) is 0 Å². The van der Waals surface area contributed by atoms with E-state index in [1.807, 2.05) is 0 Å². The van der Waals surface area contributed by atoms with Gasteiger partial charge in [0.05, 0.1) is 0 Å². The molecule has 0 heterocycles. The molecule has 0 amide bonds. The number of hydrogen-bond acceptors (Lipinski definition) is 2. The lowest BCUT2D eigenvalue weighted by atomic mass is 9.96. The van der Waals surface area contributed by atoms with E-state index in [0.717, 1.165) is 44.9 Å². The third-order valence-electron chi connectivity index (χ3n) is 2.40. The van der Waals surface area contributed by atoms with Gasteiger partial charge in [-0.1, -0.05) is 46.0 Å². The predicted octanol–water partition coefficient (Wildman–Crippen LogP) is 2.12. The monoisotopic (exact) mass is 185 g/mol. The van der Waals surface area contributed by atoms with Crippen LogP contribution >= 0.6 is 0 Å². The number of carboxylic acid groups (broad SMARTS) is 1. The summed E-state index contributed by atoms with van der Waals surface area (Å²) in [5, 5.41) is 10.7. The first-order valence-electron chi connectivity index (χ1n) is 5.43. The summed E-state index contributed by atoms with van der Waals surface area (Å²) in [6.07, 6.45) is 6.98. The first kappa shape index (κ1) is 12.5. The minimum absolute atomic E-state index is 0.202. The third kappa shape index (κ3) is 6.62. The third-order valence-corrected chi connectivity index (χ3v) is 2.40. The van der Waals surface area contributed by atoms with E-state index in [2.05, 4.69) is 13.8 Å². The first-order valence-corrected chi connectivity index (χ1v) is 5.43. The summed E-state index contributed by atoms with van der Waals surface area (Å²) in [7, 11) is 0. The molecule has 0 N–H and O–H groups in total. The lowest BCUT2D eigenvalue weighted by Gasteiger charge is -2.17. The van der Waals surface area contributed by atoms with Gasteiger partial charge in [0, 0.05) is 5.97 Å². The number of unbranched alkanes of at least 4 members (excludes halogenated alkanes) is 3. The van der Waals surface area contributed by atoms with Gasteiger partial charge in [0.25, 0.3) is 0 Å². The molecule has 0 aromatic carbocycles. The molecule has 78 valence electrons. The van der Waals surface area contributed by atoms with Gasteiger partial charge in [0.1, 0.15) is 0 Å². The van der Waals surface area contributed by atoms with Crippen LogP contribution in [-0.2, 0) is 4.79 Å². The van der Waals surface area contributed by atoms with Gasteiger partial charge in [-0.05, 0) is 18.8 Å². The van der Waals surface area contributed by atoms with E-state index in [4.69, 9.17) is 0 Å². The SMILES string of the molecule is CCCCCC(CCCC)C(=O)[O-]. The van der Waals surface area contributed by atoms with E-state index >= 15 is 0 Å². The molecule has 0 aromatic heterocycles. The van der Waals surface area contributed by atoms with Gasteiger partial charge in [-0.3, -0.25) is 0 Å². The Labute approximate surface area is 81.3 Å². The summed E-state index contributed by atoms with van der Waals surface area (Å²) in [6.45, 7) is 4.21. The molecular weight excluding hydrogens is 164 g/mol. The topological polar surface area (TPSA) is 40.1 Å². The quantitative estimate of drug-likeness (QED) is 0.543. The van der Waals surface area contributed by atoms with E-state index in [9.17, 15) is 9.90 Å². The zero-order valence-corrected chi connectivity index (χ0v) is 8.84. The second-order valence-corrected chi connectivity index (χ2v) is 3.65. The van der Waals surface area contributed by atoms with Gasteiger partial charge < -0.3 is 9.90 Å². The highest BCUT2D eigenvalue weighted by Gasteiger charge is 2.08. The lowest BCUT2D eigenvalue weighted by Crippen LogP contribution is -2.31. The zero-order valence-electron chi connectivity index (χ0n) is 8.84. The molecule has 0 saturated carbocycles. The standard InChI is InChI=1S/C11H22O2/c1-3-5-7-9-10(11(12)13)8-6-4-2/h10H,3-9H2,1-2H3,(H,12,13)/p-1.